The van der Waals surface area contributed by atoms with Crippen molar-refractivity contribution in [2.45, 2.75) is 271 Å². The second-order valence-electron chi connectivity index (χ2n) is 20.5. The third-order valence-corrected chi connectivity index (χ3v) is 13.0. The second-order valence-corrected chi connectivity index (χ2v) is 20.5. The Morgan fingerprint density at radius 2 is 0.519 bits per heavy atom. The maximum absolute atomic E-state index is 12.9. The van der Waals surface area contributed by atoms with Crippen molar-refractivity contribution >= 4 is 17.9 Å². The Morgan fingerprint density at radius 1 is 0.266 bits per heavy atom. The molecule has 1 atom stereocenters. The Bertz CT molecular complexity index is 1780. The fraction of sp³-hybridized carbons (Fsp3) is 0.603. The number of unbranched alkanes of at least 4 members (excludes halogenated alkanes) is 19. The Morgan fingerprint density at radius 3 is 0.835 bits per heavy atom. The average molecular weight is 1090 g/mol. The summed E-state index contributed by atoms with van der Waals surface area (Å²) in [4.78, 5) is 38.3. The van der Waals surface area contributed by atoms with Crippen LogP contribution in [-0.2, 0) is 28.6 Å². The van der Waals surface area contributed by atoms with E-state index in [0.29, 0.717) is 19.3 Å². The molecule has 0 bridgehead atoms. The van der Waals surface area contributed by atoms with E-state index in [0.717, 1.165) is 135 Å². The highest BCUT2D eigenvalue weighted by molar-refractivity contribution is 5.71. The summed E-state index contributed by atoms with van der Waals surface area (Å²) < 4.78 is 16.8. The smallest absolute Gasteiger partial charge is 0.306 e. The van der Waals surface area contributed by atoms with Gasteiger partial charge in [-0.05, 0) is 135 Å². The van der Waals surface area contributed by atoms with Crippen LogP contribution in [0.3, 0.4) is 0 Å². The molecule has 79 heavy (non-hydrogen) atoms. The highest BCUT2D eigenvalue weighted by Crippen LogP contribution is 2.14. The zero-order chi connectivity index (χ0) is 57.1. The summed E-state index contributed by atoms with van der Waals surface area (Å²) in [5.74, 6) is -1.02. The quantitative estimate of drug-likeness (QED) is 0.0261. The first kappa shape index (κ1) is 74.0. The van der Waals surface area contributed by atoms with Crippen LogP contribution in [0.1, 0.15) is 265 Å². The third-order valence-electron chi connectivity index (χ3n) is 13.0. The molecule has 0 aromatic heterocycles. The number of carbonyl (C=O) groups is 3. The highest BCUT2D eigenvalue weighted by atomic mass is 16.6. The van der Waals surface area contributed by atoms with Gasteiger partial charge in [0.25, 0.3) is 0 Å². The lowest BCUT2D eigenvalue weighted by Crippen LogP contribution is -2.30. The molecule has 0 radical (unpaired) electrons. The summed E-state index contributed by atoms with van der Waals surface area (Å²) >= 11 is 0. The summed E-state index contributed by atoms with van der Waals surface area (Å²) in [7, 11) is 0. The van der Waals surface area contributed by atoms with Crippen LogP contribution in [0, 0.1) is 0 Å². The van der Waals surface area contributed by atoms with Gasteiger partial charge in [0.05, 0.1) is 0 Å². The number of rotatable bonds is 56. The molecule has 0 aliphatic rings. The second kappa shape index (κ2) is 65.5. The van der Waals surface area contributed by atoms with E-state index in [4.69, 9.17) is 14.2 Å². The summed E-state index contributed by atoms with van der Waals surface area (Å²) in [6, 6.07) is 0. The molecule has 0 heterocycles. The molecule has 0 aliphatic carbocycles. The van der Waals surface area contributed by atoms with Crippen LogP contribution in [0.5, 0.6) is 0 Å². The van der Waals surface area contributed by atoms with Gasteiger partial charge in [0.15, 0.2) is 6.10 Å². The predicted molar refractivity (Wildman–Crippen MR) is 343 cm³/mol. The molecule has 6 nitrogen and oxygen atoms in total. The van der Waals surface area contributed by atoms with Crippen molar-refractivity contribution in [2.75, 3.05) is 13.2 Å². The van der Waals surface area contributed by atoms with Crippen molar-refractivity contribution in [1.82, 2.24) is 0 Å². The van der Waals surface area contributed by atoms with Gasteiger partial charge in [-0.15, -0.1) is 0 Å². The van der Waals surface area contributed by atoms with Crippen LogP contribution in [0.15, 0.2) is 158 Å². The molecule has 0 spiro atoms. The summed E-state index contributed by atoms with van der Waals surface area (Å²) in [6.07, 6.45) is 95.5. The van der Waals surface area contributed by atoms with E-state index < -0.39 is 12.1 Å². The van der Waals surface area contributed by atoms with E-state index in [9.17, 15) is 14.4 Å². The van der Waals surface area contributed by atoms with Crippen LogP contribution < -0.4 is 0 Å². The fourth-order valence-corrected chi connectivity index (χ4v) is 8.29. The largest absolute Gasteiger partial charge is 0.462 e. The summed E-state index contributed by atoms with van der Waals surface area (Å²) in [5, 5.41) is 0. The number of esters is 3. The first-order valence-corrected chi connectivity index (χ1v) is 32.0. The Hall–Kier alpha value is -4.97. The molecular weight excluding hydrogens is 973 g/mol. The van der Waals surface area contributed by atoms with Crippen molar-refractivity contribution in [1.29, 1.82) is 0 Å². The van der Waals surface area contributed by atoms with Crippen LogP contribution in [0.25, 0.3) is 0 Å². The standard InChI is InChI=1S/C73H116O6/c1-4-7-10-13-16-19-22-25-27-29-31-32-33-34-35-36-37-38-39-40-42-43-45-48-51-54-57-60-63-66-72(75)78-69-70(68-77-71(74)65-62-59-56-53-50-47-24-21-18-15-12-9-6-3)79-73(76)67-64-61-58-55-52-49-46-44-41-30-28-26-23-20-17-14-11-8-5-2/h7-8,10-11,16-17,19-21,24-28,31-32,34-35,37-38,41,44,49,52,58,61,70H,4-6,9,12-15,18,22-23,29-30,33,36,39-40,42-43,45-48,50-51,53-57,59-60,62-69H2,1-3H3/b10-7-,11-8-,19-16-,20-17-,24-21-,27-25-,28-26-,32-31-,35-34-,38-37-,44-41-,52-49-,61-58-. The molecule has 0 saturated carbocycles. The van der Waals surface area contributed by atoms with Gasteiger partial charge in [-0.3, -0.25) is 14.4 Å². The molecule has 0 rings (SSSR count). The lowest BCUT2D eigenvalue weighted by atomic mass is 10.1. The van der Waals surface area contributed by atoms with Gasteiger partial charge in [-0.2, -0.15) is 0 Å². The van der Waals surface area contributed by atoms with Crippen molar-refractivity contribution < 1.29 is 28.6 Å². The van der Waals surface area contributed by atoms with Crippen molar-refractivity contribution in [2.24, 2.45) is 0 Å². The maximum atomic E-state index is 12.9. The molecule has 0 saturated heterocycles. The topological polar surface area (TPSA) is 78.9 Å². The number of ether oxygens (including phenoxy) is 3. The zero-order valence-corrected chi connectivity index (χ0v) is 50.8. The minimum atomic E-state index is -0.831. The van der Waals surface area contributed by atoms with E-state index in [-0.39, 0.29) is 31.6 Å². The fourth-order valence-electron chi connectivity index (χ4n) is 8.29. The highest BCUT2D eigenvalue weighted by Gasteiger charge is 2.19. The first-order valence-electron chi connectivity index (χ1n) is 32.0. The van der Waals surface area contributed by atoms with Crippen LogP contribution in [0.4, 0.5) is 0 Å². The third kappa shape index (κ3) is 63.7. The molecule has 0 N–H and O–H groups in total. The SMILES string of the molecule is CC/C=C\C/C=C\C/C=C\C/C=C\C/C=C\C/C=C\CCCCCCCCCCCCC(=O)OCC(COC(=O)CCCCCCC/C=C\CCCCCC)OC(=O)CC/C=C\C/C=C\C/C=C\C/C=C\C/C=C\C/C=C\CC. The molecule has 0 aliphatic heterocycles. The van der Waals surface area contributed by atoms with Gasteiger partial charge in [-0.25, -0.2) is 0 Å². The van der Waals surface area contributed by atoms with Crippen molar-refractivity contribution in [3.8, 4) is 0 Å². The number of hydrogen-bond acceptors (Lipinski definition) is 6. The Labute approximate surface area is 486 Å². The van der Waals surface area contributed by atoms with Crippen molar-refractivity contribution in [3.05, 3.63) is 158 Å². The molecule has 6 heteroatoms. The number of carbonyl (C=O) groups excluding carboxylic acids is 3. The average Bonchev–Trinajstić information content (AvgIpc) is 3.45. The van der Waals surface area contributed by atoms with Gasteiger partial charge < -0.3 is 14.2 Å². The van der Waals surface area contributed by atoms with E-state index >= 15 is 0 Å². The van der Waals surface area contributed by atoms with Crippen LogP contribution >= 0.6 is 0 Å². The molecule has 1 unspecified atom stereocenters. The molecule has 0 aromatic rings. The Balaban J connectivity index is 4.41. The zero-order valence-electron chi connectivity index (χ0n) is 50.8. The lowest BCUT2D eigenvalue weighted by molar-refractivity contribution is -0.166. The minimum absolute atomic E-state index is 0.119. The van der Waals surface area contributed by atoms with Gasteiger partial charge in [0, 0.05) is 19.3 Å². The first-order chi connectivity index (χ1) is 39.0. The van der Waals surface area contributed by atoms with Crippen LogP contribution in [0.2, 0.25) is 0 Å². The van der Waals surface area contributed by atoms with E-state index in [1.165, 1.54) is 83.5 Å². The molecule has 444 valence electrons. The summed E-state index contributed by atoms with van der Waals surface area (Å²) in [5.41, 5.74) is 0. The van der Waals surface area contributed by atoms with Crippen LogP contribution in [-0.4, -0.2) is 37.2 Å². The van der Waals surface area contributed by atoms with Crippen molar-refractivity contribution in [3.63, 3.8) is 0 Å². The minimum Gasteiger partial charge on any atom is -0.462 e. The van der Waals surface area contributed by atoms with Gasteiger partial charge in [0.2, 0.25) is 0 Å². The molecule has 0 fully saturated rings. The molecule has 0 aromatic carbocycles. The maximum Gasteiger partial charge on any atom is 0.306 e. The normalized spacial score (nSPS) is 13.2. The number of hydrogen-bond donors (Lipinski definition) is 0. The molecule has 0 amide bonds. The number of allylic oxidation sites excluding steroid dienone is 26. The Kier molecular flexibility index (Phi) is 61.4. The lowest BCUT2D eigenvalue weighted by Gasteiger charge is -2.18. The monoisotopic (exact) mass is 1090 g/mol. The van der Waals surface area contributed by atoms with E-state index in [1.54, 1.807) is 0 Å². The van der Waals surface area contributed by atoms with E-state index in [2.05, 4.69) is 167 Å². The summed E-state index contributed by atoms with van der Waals surface area (Å²) in [6.45, 7) is 6.32. The van der Waals surface area contributed by atoms with E-state index in [1.807, 2.05) is 12.2 Å². The van der Waals surface area contributed by atoms with Gasteiger partial charge in [-0.1, -0.05) is 269 Å². The van der Waals surface area contributed by atoms with Gasteiger partial charge in [0.1, 0.15) is 13.2 Å². The van der Waals surface area contributed by atoms with Gasteiger partial charge >= 0.3 is 17.9 Å². The molecular formula is C73H116O6. The predicted octanol–water partition coefficient (Wildman–Crippen LogP) is 22.1.